The predicted molar refractivity (Wildman–Crippen MR) is 78.0 cm³/mol. The monoisotopic (exact) mass is 290 g/mol. The van der Waals surface area contributed by atoms with Crippen molar-refractivity contribution in [2.75, 3.05) is 17.2 Å². The molecule has 0 saturated heterocycles. The van der Waals surface area contributed by atoms with Gasteiger partial charge in [0.1, 0.15) is 5.82 Å². The van der Waals surface area contributed by atoms with Crippen molar-refractivity contribution in [3.8, 4) is 0 Å². The number of rotatable bonds is 2. The average Bonchev–Trinajstić information content (AvgIpc) is 2.90. The quantitative estimate of drug-likeness (QED) is 0.885. The van der Waals surface area contributed by atoms with Crippen LogP contribution >= 0.6 is 11.6 Å². The maximum Gasteiger partial charge on any atom is 0.255 e. The highest BCUT2D eigenvalue weighted by Gasteiger charge is 2.15. The molecule has 5 heteroatoms. The van der Waals surface area contributed by atoms with Crippen molar-refractivity contribution in [2.24, 2.45) is 0 Å². The Morgan fingerprint density at radius 1 is 1.30 bits per heavy atom. The number of amides is 1. The zero-order valence-corrected chi connectivity index (χ0v) is 11.3. The van der Waals surface area contributed by atoms with Gasteiger partial charge in [-0.1, -0.05) is 17.7 Å². The number of benzene rings is 2. The van der Waals surface area contributed by atoms with E-state index in [2.05, 4.69) is 10.6 Å². The highest BCUT2D eigenvalue weighted by atomic mass is 35.5. The molecule has 1 heterocycles. The number of carbonyl (C=O) groups excluding carboxylic acids is 1. The van der Waals surface area contributed by atoms with Crippen molar-refractivity contribution in [3.05, 3.63) is 58.4 Å². The highest BCUT2D eigenvalue weighted by molar-refractivity contribution is 6.34. The average molecular weight is 291 g/mol. The third kappa shape index (κ3) is 2.34. The fourth-order valence-corrected chi connectivity index (χ4v) is 2.46. The molecule has 0 spiro atoms. The van der Waals surface area contributed by atoms with Crippen LogP contribution in [0.5, 0.6) is 0 Å². The van der Waals surface area contributed by atoms with Crippen LogP contribution in [0.1, 0.15) is 15.9 Å². The van der Waals surface area contributed by atoms with E-state index in [4.69, 9.17) is 11.6 Å². The third-order valence-electron chi connectivity index (χ3n) is 3.28. The summed E-state index contributed by atoms with van der Waals surface area (Å²) in [6.07, 6.45) is 0.886. The highest BCUT2D eigenvalue weighted by Crippen LogP contribution is 2.27. The Balaban J connectivity index is 1.86. The van der Waals surface area contributed by atoms with E-state index in [0.717, 1.165) is 24.2 Å². The van der Waals surface area contributed by atoms with Crippen LogP contribution in [0.15, 0.2) is 36.4 Å². The summed E-state index contributed by atoms with van der Waals surface area (Å²) in [5.41, 5.74) is 2.65. The Labute approximate surface area is 120 Å². The van der Waals surface area contributed by atoms with Gasteiger partial charge in [-0.3, -0.25) is 4.79 Å². The van der Waals surface area contributed by atoms with Gasteiger partial charge >= 0.3 is 0 Å². The standard InChI is InChI=1S/C15H12ClFN2O/c16-11-2-1-3-12(17)14(11)19-15(20)10-4-5-13-9(8-10)6-7-18-13/h1-5,8,18H,6-7H2,(H,19,20). The molecule has 0 aromatic heterocycles. The van der Waals surface area contributed by atoms with E-state index in [1.165, 1.54) is 18.2 Å². The van der Waals surface area contributed by atoms with Crippen LogP contribution in [0.25, 0.3) is 0 Å². The van der Waals surface area contributed by atoms with E-state index in [1.54, 1.807) is 6.07 Å². The van der Waals surface area contributed by atoms with Gasteiger partial charge in [0, 0.05) is 17.8 Å². The van der Waals surface area contributed by atoms with Crippen LogP contribution in [0.3, 0.4) is 0 Å². The topological polar surface area (TPSA) is 41.1 Å². The van der Waals surface area contributed by atoms with Crippen molar-refractivity contribution in [1.29, 1.82) is 0 Å². The van der Waals surface area contributed by atoms with Crippen molar-refractivity contribution < 1.29 is 9.18 Å². The first-order chi connectivity index (χ1) is 9.65. The normalized spacial score (nSPS) is 12.7. The molecule has 1 aliphatic heterocycles. The van der Waals surface area contributed by atoms with Crippen LogP contribution in [-0.2, 0) is 6.42 Å². The largest absolute Gasteiger partial charge is 0.384 e. The van der Waals surface area contributed by atoms with E-state index in [9.17, 15) is 9.18 Å². The molecule has 0 saturated carbocycles. The molecule has 3 nitrogen and oxygen atoms in total. The van der Waals surface area contributed by atoms with E-state index in [0.29, 0.717) is 5.56 Å². The Kier molecular flexibility index (Phi) is 3.32. The molecule has 0 radical (unpaired) electrons. The van der Waals surface area contributed by atoms with Gasteiger partial charge in [-0.15, -0.1) is 0 Å². The Morgan fingerprint density at radius 3 is 2.95 bits per heavy atom. The second-order valence-electron chi connectivity index (χ2n) is 4.60. The van der Waals surface area contributed by atoms with Crippen LogP contribution in [0.2, 0.25) is 5.02 Å². The number of hydrogen-bond donors (Lipinski definition) is 2. The SMILES string of the molecule is O=C(Nc1c(F)cccc1Cl)c1ccc2c(c1)CCN2. The summed E-state index contributed by atoms with van der Waals surface area (Å²) in [5.74, 6) is -0.916. The number of carbonyl (C=O) groups is 1. The van der Waals surface area contributed by atoms with Gasteiger partial charge in [0.15, 0.2) is 0 Å². The number of anilines is 2. The van der Waals surface area contributed by atoms with E-state index < -0.39 is 5.82 Å². The van der Waals surface area contributed by atoms with E-state index in [1.807, 2.05) is 12.1 Å². The lowest BCUT2D eigenvalue weighted by molar-refractivity contribution is 0.102. The van der Waals surface area contributed by atoms with Crippen molar-refractivity contribution >= 4 is 28.9 Å². The Hall–Kier alpha value is -2.07. The molecule has 0 bridgehead atoms. The number of fused-ring (bicyclic) bond motifs is 1. The summed E-state index contributed by atoms with van der Waals surface area (Å²) in [6, 6.07) is 9.68. The molecular formula is C15H12ClFN2O. The predicted octanol–water partition coefficient (Wildman–Crippen LogP) is 3.70. The fraction of sp³-hybridized carbons (Fsp3) is 0.133. The van der Waals surface area contributed by atoms with Gasteiger partial charge in [0.2, 0.25) is 0 Å². The van der Waals surface area contributed by atoms with Crippen LogP contribution in [0.4, 0.5) is 15.8 Å². The zero-order chi connectivity index (χ0) is 14.1. The molecule has 0 unspecified atom stereocenters. The molecule has 1 aliphatic rings. The van der Waals surface area contributed by atoms with E-state index in [-0.39, 0.29) is 16.6 Å². The minimum Gasteiger partial charge on any atom is -0.384 e. The van der Waals surface area contributed by atoms with Crippen molar-refractivity contribution in [1.82, 2.24) is 0 Å². The second-order valence-corrected chi connectivity index (χ2v) is 5.01. The minimum atomic E-state index is -0.548. The summed E-state index contributed by atoms with van der Waals surface area (Å²) >= 11 is 5.89. The number of para-hydroxylation sites is 1. The molecule has 2 N–H and O–H groups in total. The number of hydrogen-bond acceptors (Lipinski definition) is 2. The molecule has 3 rings (SSSR count). The first kappa shape index (κ1) is 12.9. The Bertz CT molecular complexity index is 667. The molecule has 0 aliphatic carbocycles. The van der Waals surface area contributed by atoms with Gasteiger partial charge in [-0.2, -0.15) is 0 Å². The lowest BCUT2D eigenvalue weighted by Crippen LogP contribution is -2.13. The summed E-state index contributed by atoms with van der Waals surface area (Å²) in [5, 5.41) is 5.92. The van der Waals surface area contributed by atoms with Gasteiger partial charge < -0.3 is 10.6 Å². The first-order valence-electron chi connectivity index (χ1n) is 6.27. The molecule has 2 aromatic carbocycles. The molecule has 20 heavy (non-hydrogen) atoms. The molecule has 2 aromatic rings. The first-order valence-corrected chi connectivity index (χ1v) is 6.65. The number of halogens is 2. The van der Waals surface area contributed by atoms with E-state index >= 15 is 0 Å². The molecular weight excluding hydrogens is 279 g/mol. The Morgan fingerprint density at radius 2 is 2.15 bits per heavy atom. The second kappa shape index (κ2) is 5.13. The van der Waals surface area contributed by atoms with Gasteiger partial charge in [-0.25, -0.2) is 4.39 Å². The maximum absolute atomic E-state index is 13.6. The minimum absolute atomic E-state index is 0.0118. The number of nitrogens with one attached hydrogen (secondary N) is 2. The maximum atomic E-state index is 13.6. The lowest BCUT2D eigenvalue weighted by Gasteiger charge is -2.09. The van der Waals surface area contributed by atoms with Gasteiger partial charge in [0.25, 0.3) is 5.91 Å². The van der Waals surface area contributed by atoms with Crippen LogP contribution in [-0.4, -0.2) is 12.5 Å². The van der Waals surface area contributed by atoms with Gasteiger partial charge in [-0.05, 0) is 42.3 Å². The summed E-state index contributed by atoms with van der Waals surface area (Å²) in [7, 11) is 0. The molecule has 0 fully saturated rings. The van der Waals surface area contributed by atoms with Crippen LogP contribution in [0, 0.1) is 5.82 Å². The van der Waals surface area contributed by atoms with Crippen molar-refractivity contribution in [3.63, 3.8) is 0 Å². The summed E-state index contributed by atoms with van der Waals surface area (Å²) in [6.45, 7) is 0.875. The molecule has 102 valence electrons. The summed E-state index contributed by atoms with van der Waals surface area (Å²) < 4.78 is 13.6. The fourth-order valence-electron chi connectivity index (χ4n) is 2.25. The zero-order valence-electron chi connectivity index (χ0n) is 10.5. The molecule has 0 atom stereocenters. The lowest BCUT2D eigenvalue weighted by atomic mass is 10.1. The van der Waals surface area contributed by atoms with Crippen LogP contribution < -0.4 is 10.6 Å². The molecule has 1 amide bonds. The summed E-state index contributed by atoms with van der Waals surface area (Å²) in [4.78, 5) is 12.2. The van der Waals surface area contributed by atoms with Gasteiger partial charge in [0.05, 0.1) is 10.7 Å². The van der Waals surface area contributed by atoms with Crippen molar-refractivity contribution in [2.45, 2.75) is 6.42 Å². The smallest absolute Gasteiger partial charge is 0.255 e. The third-order valence-corrected chi connectivity index (χ3v) is 3.59.